The lowest BCUT2D eigenvalue weighted by atomic mass is 10.1. The van der Waals surface area contributed by atoms with Gasteiger partial charge in [-0.05, 0) is 40.6 Å². The quantitative estimate of drug-likeness (QED) is 0.777. The van der Waals surface area contributed by atoms with Crippen LogP contribution in [0.1, 0.15) is 25.2 Å². The van der Waals surface area contributed by atoms with E-state index < -0.39 is 0 Å². The van der Waals surface area contributed by atoms with Crippen LogP contribution in [0.5, 0.6) is 0 Å². The van der Waals surface area contributed by atoms with E-state index in [0.29, 0.717) is 6.04 Å². The highest BCUT2D eigenvalue weighted by Gasteiger charge is 2.13. The minimum atomic E-state index is 0.497. The molecule has 0 spiro atoms. The summed E-state index contributed by atoms with van der Waals surface area (Å²) >= 11 is 0. The molecule has 0 aliphatic carbocycles. The molecule has 1 unspecified atom stereocenters. The van der Waals surface area contributed by atoms with Crippen LogP contribution in [0.4, 0.5) is 0 Å². The molecule has 0 saturated carbocycles. The number of hydrogen-bond donors (Lipinski definition) is 1. The number of likely N-dealkylation sites (N-methyl/N-ethyl adjacent to an activating group) is 2. The molecule has 1 N–H and O–H groups in total. The lowest BCUT2D eigenvalue weighted by Gasteiger charge is -2.22. The summed E-state index contributed by atoms with van der Waals surface area (Å²) in [6, 6.07) is 2.69. The molecule has 0 fully saturated rings. The molecule has 4 nitrogen and oxygen atoms in total. The van der Waals surface area contributed by atoms with Crippen molar-refractivity contribution in [2.45, 2.75) is 39.8 Å². The minimum Gasteiger partial charge on any atom is -0.313 e. The van der Waals surface area contributed by atoms with E-state index in [9.17, 15) is 0 Å². The average Bonchev–Trinajstić information content (AvgIpc) is 2.58. The number of rotatable bonds is 7. The van der Waals surface area contributed by atoms with Gasteiger partial charge in [0.25, 0.3) is 0 Å². The van der Waals surface area contributed by atoms with E-state index in [-0.39, 0.29) is 0 Å². The molecule has 0 aliphatic heterocycles. The molecule has 0 amide bonds. The third-order valence-corrected chi connectivity index (χ3v) is 2.82. The molecule has 4 heteroatoms. The molecular formula is C13H26N4. The molecule has 0 bridgehead atoms. The number of hydrogen-bond acceptors (Lipinski definition) is 3. The van der Waals surface area contributed by atoms with Gasteiger partial charge in [0.05, 0.1) is 5.69 Å². The van der Waals surface area contributed by atoms with Crippen LogP contribution in [0.2, 0.25) is 0 Å². The van der Waals surface area contributed by atoms with Crippen LogP contribution in [0.3, 0.4) is 0 Å². The van der Waals surface area contributed by atoms with E-state index in [0.717, 1.165) is 31.7 Å². The Morgan fingerprint density at radius 1 is 1.41 bits per heavy atom. The van der Waals surface area contributed by atoms with Crippen LogP contribution >= 0.6 is 0 Å². The van der Waals surface area contributed by atoms with Gasteiger partial charge in [-0.1, -0.05) is 6.92 Å². The van der Waals surface area contributed by atoms with Gasteiger partial charge in [-0.3, -0.25) is 4.68 Å². The Morgan fingerprint density at radius 2 is 2.12 bits per heavy atom. The van der Waals surface area contributed by atoms with Crippen LogP contribution in [0, 0.1) is 6.92 Å². The van der Waals surface area contributed by atoms with Gasteiger partial charge in [0.1, 0.15) is 0 Å². The first-order chi connectivity index (χ1) is 8.06. The number of aryl methyl sites for hydroxylation is 2. The third kappa shape index (κ3) is 4.48. The molecule has 0 aliphatic rings. The Balaban J connectivity index is 2.70. The van der Waals surface area contributed by atoms with Crippen molar-refractivity contribution in [1.29, 1.82) is 0 Å². The maximum atomic E-state index is 4.50. The van der Waals surface area contributed by atoms with Gasteiger partial charge in [0.15, 0.2) is 0 Å². The van der Waals surface area contributed by atoms with Crippen LogP contribution in [-0.4, -0.2) is 47.9 Å². The Kier molecular flexibility index (Phi) is 5.65. The summed E-state index contributed by atoms with van der Waals surface area (Å²) in [5, 5.41) is 8.04. The van der Waals surface area contributed by atoms with E-state index in [1.54, 1.807) is 0 Å². The van der Waals surface area contributed by atoms with Crippen LogP contribution < -0.4 is 5.32 Å². The maximum absolute atomic E-state index is 4.50. The van der Waals surface area contributed by atoms with E-state index in [1.807, 2.05) is 0 Å². The van der Waals surface area contributed by atoms with Crippen LogP contribution in [0.15, 0.2) is 6.07 Å². The molecular weight excluding hydrogens is 212 g/mol. The Labute approximate surface area is 105 Å². The molecule has 0 radical (unpaired) electrons. The SMILES string of the molecule is CCNC(Cc1cc(C)nn1CC)CN(C)C. The van der Waals surface area contributed by atoms with Gasteiger partial charge in [-0.2, -0.15) is 5.10 Å². The Morgan fingerprint density at radius 3 is 2.65 bits per heavy atom. The van der Waals surface area contributed by atoms with Crippen LogP contribution in [0.25, 0.3) is 0 Å². The van der Waals surface area contributed by atoms with E-state index in [4.69, 9.17) is 0 Å². The van der Waals surface area contributed by atoms with Gasteiger partial charge in [-0.15, -0.1) is 0 Å². The molecule has 0 saturated heterocycles. The van der Waals surface area contributed by atoms with E-state index in [1.165, 1.54) is 5.69 Å². The second-order valence-corrected chi connectivity index (χ2v) is 4.81. The summed E-state index contributed by atoms with van der Waals surface area (Å²) in [5.74, 6) is 0. The van der Waals surface area contributed by atoms with Gasteiger partial charge in [0.2, 0.25) is 0 Å². The zero-order chi connectivity index (χ0) is 12.8. The second kappa shape index (κ2) is 6.77. The fourth-order valence-electron chi connectivity index (χ4n) is 2.22. The third-order valence-electron chi connectivity index (χ3n) is 2.82. The first-order valence-electron chi connectivity index (χ1n) is 6.48. The van der Waals surface area contributed by atoms with Crippen molar-refractivity contribution >= 4 is 0 Å². The lowest BCUT2D eigenvalue weighted by Crippen LogP contribution is -2.40. The standard InChI is InChI=1S/C13H26N4/c1-6-14-12(10-16(4)5)9-13-8-11(3)15-17(13)7-2/h8,12,14H,6-7,9-10H2,1-5H3. The fraction of sp³-hybridized carbons (Fsp3) is 0.769. The fourth-order valence-corrected chi connectivity index (χ4v) is 2.22. The zero-order valence-corrected chi connectivity index (χ0v) is 11.8. The van der Waals surface area contributed by atoms with Gasteiger partial charge in [-0.25, -0.2) is 0 Å². The van der Waals surface area contributed by atoms with Crippen molar-refractivity contribution in [1.82, 2.24) is 20.0 Å². The molecule has 1 aromatic heterocycles. The second-order valence-electron chi connectivity index (χ2n) is 4.81. The summed E-state index contributed by atoms with van der Waals surface area (Å²) in [5.41, 5.74) is 2.44. The number of nitrogens with one attached hydrogen (secondary N) is 1. The van der Waals surface area contributed by atoms with E-state index >= 15 is 0 Å². The van der Waals surface area contributed by atoms with Crippen molar-refractivity contribution < 1.29 is 0 Å². The highest BCUT2D eigenvalue weighted by Crippen LogP contribution is 2.07. The Bertz CT molecular complexity index is 330. The lowest BCUT2D eigenvalue weighted by molar-refractivity contribution is 0.335. The normalized spacial score (nSPS) is 13.3. The summed E-state index contributed by atoms with van der Waals surface area (Å²) in [7, 11) is 4.24. The molecule has 98 valence electrons. The highest BCUT2D eigenvalue weighted by atomic mass is 15.3. The first-order valence-corrected chi connectivity index (χ1v) is 6.48. The summed E-state index contributed by atoms with van der Waals surface area (Å²) in [6.45, 7) is 9.38. The minimum absolute atomic E-state index is 0.497. The first kappa shape index (κ1) is 14.2. The molecule has 1 atom stereocenters. The number of nitrogens with zero attached hydrogens (tertiary/aromatic N) is 3. The zero-order valence-electron chi connectivity index (χ0n) is 11.8. The predicted molar refractivity (Wildman–Crippen MR) is 72.4 cm³/mol. The average molecular weight is 238 g/mol. The summed E-state index contributed by atoms with van der Waals surface area (Å²) in [4.78, 5) is 2.23. The van der Waals surface area contributed by atoms with E-state index in [2.05, 4.69) is 60.9 Å². The van der Waals surface area contributed by atoms with Crippen molar-refractivity contribution in [3.05, 3.63) is 17.5 Å². The van der Waals surface area contributed by atoms with Crippen LogP contribution in [-0.2, 0) is 13.0 Å². The Hall–Kier alpha value is -0.870. The summed E-state index contributed by atoms with van der Waals surface area (Å²) < 4.78 is 2.11. The van der Waals surface area contributed by atoms with Crippen molar-refractivity contribution in [2.24, 2.45) is 0 Å². The smallest absolute Gasteiger partial charge is 0.0596 e. The largest absolute Gasteiger partial charge is 0.313 e. The maximum Gasteiger partial charge on any atom is 0.0596 e. The van der Waals surface area contributed by atoms with Gasteiger partial charge >= 0.3 is 0 Å². The van der Waals surface area contributed by atoms with Gasteiger partial charge < -0.3 is 10.2 Å². The highest BCUT2D eigenvalue weighted by molar-refractivity contribution is 5.10. The van der Waals surface area contributed by atoms with Crippen molar-refractivity contribution in [3.8, 4) is 0 Å². The number of aromatic nitrogens is 2. The monoisotopic (exact) mass is 238 g/mol. The topological polar surface area (TPSA) is 33.1 Å². The van der Waals surface area contributed by atoms with Gasteiger partial charge in [0, 0.05) is 31.2 Å². The van der Waals surface area contributed by atoms with Crippen molar-refractivity contribution in [3.63, 3.8) is 0 Å². The molecule has 1 heterocycles. The summed E-state index contributed by atoms with van der Waals surface area (Å²) in [6.07, 6.45) is 1.04. The van der Waals surface area contributed by atoms with Crippen molar-refractivity contribution in [2.75, 3.05) is 27.2 Å². The predicted octanol–water partition coefficient (Wildman–Crippen LogP) is 1.29. The molecule has 0 aromatic carbocycles. The molecule has 17 heavy (non-hydrogen) atoms. The molecule has 1 aromatic rings. The molecule has 1 rings (SSSR count).